The van der Waals surface area contributed by atoms with Crippen molar-refractivity contribution < 1.29 is 14.3 Å². The Balaban J connectivity index is 1.80. The van der Waals surface area contributed by atoms with Crippen molar-refractivity contribution in [3.63, 3.8) is 0 Å². The number of nitrogens with zero attached hydrogens (tertiary/aromatic N) is 1. The van der Waals surface area contributed by atoms with E-state index in [9.17, 15) is 4.79 Å². The van der Waals surface area contributed by atoms with Gasteiger partial charge in [-0.3, -0.25) is 4.90 Å². The molecule has 0 bridgehead atoms. The molecule has 1 aliphatic rings. The Bertz CT molecular complexity index is 733. The van der Waals surface area contributed by atoms with Crippen molar-refractivity contribution in [2.45, 2.75) is 31.5 Å². The van der Waals surface area contributed by atoms with E-state index in [1.165, 1.54) is 12.7 Å². The standard InChI is InChI=1S/C21H26N2O3/c1-16-13-21(20(24)26-3,22-18-9-11-19(25-2)12-10-18)15-23(16)14-17-7-5-4-6-8-17/h4-12,16,22H,13-15H2,1-3H3. The number of hydrogen-bond acceptors (Lipinski definition) is 5. The van der Waals surface area contributed by atoms with Crippen LogP contribution in [0, 0.1) is 0 Å². The highest BCUT2D eigenvalue weighted by Crippen LogP contribution is 2.33. The molecule has 138 valence electrons. The molecule has 0 spiro atoms. The average Bonchev–Trinajstić information content (AvgIpc) is 2.98. The Labute approximate surface area is 154 Å². The van der Waals surface area contributed by atoms with Crippen molar-refractivity contribution in [3.8, 4) is 5.75 Å². The van der Waals surface area contributed by atoms with E-state index in [0.29, 0.717) is 13.0 Å². The van der Waals surface area contributed by atoms with E-state index in [4.69, 9.17) is 9.47 Å². The van der Waals surface area contributed by atoms with Crippen LogP contribution in [0.2, 0.25) is 0 Å². The molecule has 0 aliphatic carbocycles. The topological polar surface area (TPSA) is 50.8 Å². The predicted octanol–water partition coefficient (Wildman–Crippen LogP) is 3.31. The van der Waals surface area contributed by atoms with Gasteiger partial charge in [-0.15, -0.1) is 0 Å². The predicted molar refractivity (Wildman–Crippen MR) is 102 cm³/mol. The lowest BCUT2D eigenvalue weighted by atomic mass is 9.95. The second-order valence-corrected chi connectivity index (χ2v) is 6.87. The number of rotatable bonds is 6. The number of carbonyl (C=O) groups is 1. The van der Waals surface area contributed by atoms with Crippen molar-refractivity contribution in [1.29, 1.82) is 0 Å². The molecule has 1 heterocycles. The first kappa shape index (κ1) is 18.3. The first-order valence-corrected chi connectivity index (χ1v) is 8.85. The highest BCUT2D eigenvalue weighted by molar-refractivity contribution is 5.85. The Hall–Kier alpha value is -2.53. The van der Waals surface area contributed by atoms with Crippen LogP contribution in [0.5, 0.6) is 5.75 Å². The highest BCUT2D eigenvalue weighted by Gasteiger charge is 2.49. The normalized spacial score (nSPS) is 22.8. The molecule has 0 aromatic heterocycles. The molecule has 3 rings (SSSR count). The molecule has 1 saturated heterocycles. The van der Waals surface area contributed by atoms with Gasteiger partial charge in [0.2, 0.25) is 0 Å². The zero-order chi connectivity index (χ0) is 18.6. The molecule has 0 radical (unpaired) electrons. The molecule has 2 atom stereocenters. The minimum atomic E-state index is -0.752. The Morgan fingerprint density at radius 1 is 1.15 bits per heavy atom. The maximum atomic E-state index is 12.7. The fraction of sp³-hybridized carbons (Fsp3) is 0.381. The zero-order valence-electron chi connectivity index (χ0n) is 15.6. The summed E-state index contributed by atoms with van der Waals surface area (Å²) >= 11 is 0. The average molecular weight is 354 g/mol. The number of ether oxygens (including phenoxy) is 2. The summed E-state index contributed by atoms with van der Waals surface area (Å²) in [7, 11) is 3.09. The van der Waals surface area contributed by atoms with Gasteiger partial charge in [-0.2, -0.15) is 0 Å². The summed E-state index contributed by atoms with van der Waals surface area (Å²) < 4.78 is 10.4. The Morgan fingerprint density at radius 2 is 1.85 bits per heavy atom. The van der Waals surface area contributed by atoms with Gasteiger partial charge in [0.05, 0.1) is 14.2 Å². The van der Waals surface area contributed by atoms with E-state index in [2.05, 4.69) is 29.3 Å². The lowest BCUT2D eigenvalue weighted by Gasteiger charge is -2.29. The minimum absolute atomic E-state index is 0.226. The van der Waals surface area contributed by atoms with Crippen LogP contribution in [-0.2, 0) is 16.1 Å². The van der Waals surface area contributed by atoms with Gasteiger partial charge in [-0.25, -0.2) is 4.79 Å². The molecule has 1 N–H and O–H groups in total. The van der Waals surface area contributed by atoms with E-state index >= 15 is 0 Å². The molecule has 0 amide bonds. The van der Waals surface area contributed by atoms with Crippen molar-refractivity contribution >= 4 is 11.7 Å². The number of likely N-dealkylation sites (tertiary alicyclic amines) is 1. The SMILES string of the molecule is COC(=O)C1(Nc2ccc(OC)cc2)CC(C)N(Cc2ccccc2)C1. The summed E-state index contributed by atoms with van der Waals surface area (Å²) in [6, 6.07) is 18.2. The minimum Gasteiger partial charge on any atom is -0.497 e. The largest absolute Gasteiger partial charge is 0.497 e. The van der Waals surface area contributed by atoms with Gasteiger partial charge in [-0.05, 0) is 43.2 Å². The third kappa shape index (κ3) is 3.83. The van der Waals surface area contributed by atoms with Gasteiger partial charge in [0.15, 0.2) is 0 Å². The van der Waals surface area contributed by atoms with Crippen LogP contribution in [0.4, 0.5) is 5.69 Å². The number of anilines is 1. The van der Waals surface area contributed by atoms with Crippen molar-refractivity contribution in [3.05, 3.63) is 60.2 Å². The van der Waals surface area contributed by atoms with Gasteiger partial charge in [0.1, 0.15) is 11.3 Å². The molecule has 1 fully saturated rings. The third-order valence-electron chi connectivity index (χ3n) is 5.02. The first-order valence-electron chi connectivity index (χ1n) is 8.85. The van der Waals surface area contributed by atoms with Gasteiger partial charge in [0.25, 0.3) is 0 Å². The molecule has 0 saturated carbocycles. The van der Waals surface area contributed by atoms with Crippen LogP contribution in [0.3, 0.4) is 0 Å². The van der Waals surface area contributed by atoms with Crippen LogP contribution < -0.4 is 10.1 Å². The quantitative estimate of drug-likeness (QED) is 0.807. The molecule has 26 heavy (non-hydrogen) atoms. The summed E-state index contributed by atoms with van der Waals surface area (Å²) in [6.07, 6.45) is 0.693. The highest BCUT2D eigenvalue weighted by atomic mass is 16.5. The van der Waals surface area contributed by atoms with E-state index in [-0.39, 0.29) is 12.0 Å². The Kier molecular flexibility index (Phi) is 5.47. The lowest BCUT2D eigenvalue weighted by molar-refractivity contribution is -0.145. The molecule has 1 aliphatic heterocycles. The summed E-state index contributed by atoms with van der Waals surface area (Å²) in [5.74, 6) is 0.559. The maximum absolute atomic E-state index is 12.7. The van der Waals surface area contributed by atoms with Crippen molar-refractivity contribution in [2.75, 3.05) is 26.1 Å². The molecule has 5 heteroatoms. The fourth-order valence-corrected chi connectivity index (χ4v) is 3.67. The van der Waals surface area contributed by atoms with Crippen LogP contribution >= 0.6 is 0 Å². The van der Waals surface area contributed by atoms with E-state index in [0.717, 1.165) is 18.0 Å². The number of nitrogens with one attached hydrogen (secondary N) is 1. The van der Waals surface area contributed by atoms with Gasteiger partial charge < -0.3 is 14.8 Å². The van der Waals surface area contributed by atoms with Crippen molar-refractivity contribution in [1.82, 2.24) is 4.90 Å². The summed E-state index contributed by atoms with van der Waals surface area (Å²) in [5.41, 5.74) is 1.37. The molecule has 2 unspecified atom stereocenters. The number of hydrogen-bond donors (Lipinski definition) is 1. The van der Waals surface area contributed by atoms with E-state index in [1.807, 2.05) is 42.5 Å². The second kappa shape index (κ2) is 7.79. The molecule has 2 aromatic rings. The molecule has 5 nitrogen and oxygen atoms in total. The first-order chi connectivity index (χ1) is 12.6. The number of methoxy groups -OCH3 is 2. The van der Waals surface area contributed by atoms with E-state index < -0.39 is 5.54 Å². The Morgan fingerprint density at radius 3 is 2.46 bits per heavy atom. The molecular weight excluding hydrogens is 328 g/mol. The summed E-state index contributed by atoms with van der Waals surface area (Å²) in [4.78, 5) is 15.0. The number of carbonyl (C=O) groups excluding carboxylic acids is 1. The van der Waals surface area contributed by atoms with Crippen LogP contribution in [0.25, 0.3) is 0 Å². The second-order valence-electron chi connectivity index (χ2n) is 6.87. The molecule has 2 aromatic carbocycles. The van der Waals surface area contributed by atoms with Gasteiger partial charge >= 0.3 is 5.97 Å². The maximum Gasteiger partial charge on any atom is 0.332 e. The van der Waals surface area contributed by atoms with Crippen LogP contribution in [0.1, 0.15) is 18.9 Å². The van der Waals surface area contributed by atoms with Gasteiger partial charge in [0, 0.05) is 24.8 Å². The summed E-state index contributed by atoms with van der Waals surface area (Å²) in [5, 5.41) is 3.43. The number of benzene rings is 2. The van der Waals surface area contributed by atoms with E-state index in [1.54, 1.807) is 7.11 Å². The van der Waals surface area contributed by atoms with Crippen molar-refractivity contribution in [2.24, 2.45) is 0 Å². The van der Waals surface area contributed by atoms with Crippen LogP contribution in [0.15, 0.2) is 54.6 Å². The zero-order valence-corrected chi connectivity index (χ0v) is 15.6. The summed E-state index contributed by atoms with van der Waals surface area (Å²) in [6.45, 7) is 3.57. The number of esters is 1. The monoisotopic (exact) mass is 354 g/mol. The van der Waals surface area contributed by atoms with Crippen LogP contribution in [-0.4, -0.2) is 43.2 Å². The van der Waals surface area contributed by atoms with Gasteiger partial charge in [-0.1, -0.05) is 30.3 Å². The smallest absolute Gasteiger partial charge is 0.332 e. The molecular formula is C21H26N2O3. The fourth-order valence-electron chi connectivity index (χ4n) is 3.67. The third-order valence-corrected chi connectivity index (χ3v) is 5.02. The lowest BCUT2D eigenvalue weighted by Crippen LogP contribution is -2.49.